The predicted octanol–water partition coefficient (Wildman–Crippen LogP) is 0.165. The zero-order valence-electron chi connectivity index (χ0n) is 10.8. The Hall–Kier alpha value is -1.92. The highest BCUT2D eigenvalue weighted by Gasteiger charge is 2.21. The fourth-order valence-electron chi connectivity index (χ4n) is 1.52. The zero-order chi connectivity index (χ0) is 14.1. The van der Waals surface area contributed by atoms with Crippen LogP contribution in [0.2, 0.25) is 0 Å². The standard InChI is InChI=1S/C13H18N2O4/c1-19-8-7-14-9-11(16)15-12(13(17)18)10-5-3-2-4-6-10/h2-6,12,14H,7-9H2,1H3,(H,15,16)(H,17,18)/t12-/m0/s1. The van der Waals surface area contributed by atoms with Crippen molar-refractivity contribution >= 4 is 11.9 Å². The van der Waals surface area contributed by atoms with Crippen LogP contribution in [-0.2, 0) is 14.3 Å². The molecule has 6 heteroatoms. The number of rotatable bonds is 8. The van der Waals surface area contributed by atoms with Crippen LogP contribution >= 0.6 is 0 Å². The van der Waals surface area contributed by atoms with Crippen molar-refractivity contribution < 1.29 is 19.4 Å². The van der Waals surface area contributed by atoms with Crippen LogP contribution < -0.4 is 10.6 Å². The lowest BCUT2D eigenvalue weighted by molar-refractivity contribution is -0.141. The Morgan fingerprint density at radius 1 is 1.32 bits per heavy atom. The topological polar surface area (TPSA) is 87.7 Å². The minimum absolute atomic E-state index is 0.0555. The molecule has 104 valence electrons. The van der Waals surface area contributed by atoms with Gasteiger partial charge >= 0.3 is 5.97 Å². The van der Waals surface area contributed by atoms with Gasteiger partial charge < -0.3 is 20.5 Å². The van der Waals surface area contributed by atoms with Crippen LogP contribution in [0.4, 0.5) is 0 Å². The number of carboxylic acid groups (broad SMARTS) is 1. The molecule has 0 heterocycles. The van der Waals surface area contributed by atoms with Crippen molar-refractivity contribution in [2.75, 3.05) is 26.8 Å². The van der Waals surface area contributed by atoms with Crippen LogP contribution in [0.1, 0.15) is 11.6 Å². The Morgan fingerprint density at radius 3 is 2.58 bits per heavy atom. The molecule has 1 aromatic carbocycles. The highest BCUT2D eigenvalue weighted by Crippen LogP contribution is 2.12. The summed E-state index contributed by atoms with van der Waals surface area (Å²) in [4.78, 5) is 22.8. The van der Waals surface area contributed by atoms with Crippen LogP contribution in [0.3, 0.4) is 0 Å². The van der Waals surface area contributed by atoms with E-state index in [1.54, 1.807) is 37.4 Å². The Bertz CT molecular complexity index is 408. The first-order valence-corrected chi connectivity index (χ1v) is 5.92. The quantitative estimate of drug-likeness (QED) is 0.584. The fourth-order valence-corrected chi connectivity index (χ4v) is 1.52. The summed E-state index contributed by atoms with van der Waals surface area (Å²) in [5.41, 5.74) is 0.542. The molecule has 3 N–H and O–H groups in total. The number of hydrogen-bond acceptors (Lipinski definition) is 4. The van der Waals surface area contributed by atoms with E-state index in [-0.39, 0.29) is 12.5 Å². The monoisotopic (exact) mass is 266 g/mol. The maximum atomic E-state index is 11.6. The summed E-state index contributed by atoms with van der Waals surface area (Å²) in [6.07, 6.45) is 0. The summed E-state index contributed by atoms with van der Waals surface area (Å²) in [7, 11) is 1.57. The first-order valence-electron chi connectivity index (χ1n) is 5.92. The van der Waals surface area contributed by atoms with E-state index in [2.05, 4.69) is 10.6 Å². The molecule has 0 radical (unpaired) electrons. The predicted molar refractivity (Wildman–Crippen MR) is 69.7 cm³/mol. The number of carbonyl (C=O) groups is 2. The molecule has 0 saturated carbocycles. The summed E-state index contributed by atoms with van der Waals surface area (Å²) < 4.78 is 4.82. The number of nitrogens with one attached hydrogen (secondary N) is 2. The highest BCUT2D eigenvalue weighted by atomic mass is 16.5. The molecule has 19 heavy (non-hydrogen) atoms. The molecule has 1 amide bonds. The number of carbonyl (C=O) groups excluding carboxylic acids is 1. The molecule has 1 rings (SSSR count). The van der Waals surface area contributed by atoms with Crippen molar-refractivity contribution in [2.45, 2.75) is 6.04 Å². The first-order chi connectivity index (χ1) is 9.15. The second-order valence-electron chi connectivity index (χ2n) is 3.92. The van der Waals surface area contributed by atoms with E-state index in [0.717, 1.165) is 0 Å². The average Bonchev–Trinajstić information content (AvgIpc) is 2.41. The van der Waals surface area contributed by atoms with Gasteiger partial charge in [0.2, 0.25) is 5.91 Å². The summed E-state index contributed by atoms with van der Waals surface area (Å²) >= 11 is 0. The Balaban J connectivity index is 2.51. The highest BCUT2D eigenvalue weighted by molar-refractivity contribution is 5.85. The smallest absolute Gasteiger partial charge is 0.330 e. The second kappa shape index (κ2) is 8.23. The molecule has 0 aromatic heterocycles. The average molecular weight is 266 g/mol. The van der Waals surface area contributed by atoms with E-state index in [1.165, 1.54) is 0 Å². The van der Waals surface area contributed by atoms with Gasteiger partial charge in [-0.3, -0.25) is 4.79 Å². The van der Waals surface area contributed by atoms with Gasteiger partial charge in [0.15, 0.2) is 6.04 Å². The largest absolute Gasteiger partial charge is 0.479 e. The van der Waals surface area contributed by atoms with Crippen LogP contribution in [0.15, 0.2) is 30.3 Å². The summed E-state index contributed by atoms with van der Waals surface area (Å²) in [5, 5.41) is 14.4. The molecule has 6 nitrogen and oxygen atoms in total. The molecule has 0 bridgehead atoms. The van der Waals surface area contributed by atoms with Gasteiger partial charge in [-0.25, -0.2) is 4.79 Å². The molecule has 0 aliphatic rings. The van der Waals surface area contributed by atoms with Crippen molar-refractivity contribution in [3.63, 3.8) is 0 Å². The molecule has 0 aliphatic heterocycles. The Labute approximate surface area is 111 Å². The molecular formula is C13H18N2O4. The number of hydrogen-bond donors (Lipinski definition) is 3. The number of ether oxygens (including phenoxy) is 1. The van der Waals surface area contributed by atoms with Crippen molar-refractivity contribution in [3.05, 3.63) is 35.9 Å². The van der Waals surface area contributed by atoms with E-state index in [9.17, 15) is 9.59 Å². The molecule has 0 saturated heterocycles. The van der Waals surface area contributed by atoms with Gasteiger partial charge in [0, 0.05) is 13.7 Å². The Morgan fingerprint density at radius 2 is 2.00 bits per heavy atom. The van der Waals surface area contributed by atoms with Crippen molar-refractivity contribution in [3.8, 4) is 0 Å². The minimum atomic E-state index is -1.09. The van der Waals surface area contributed by atoms with Gasteiger partial charge in [-0.1, -0.05) is 30.3 Å². The van der Waals surface area contributed by atoms with Gasteiger partial charge in [-0.05, 0) is 5.56 Å². The fraction of sp³-hybridized carbons (Fsp3) is 0.385. The van der Waals surface area contributed by atoms with E-state index in [0.29, 0.717) is 18.7 Å². The molecule has 0 fully saturated rings. The van der Waals surface area contributed by atoms with Gasteiger partial charge in [0.05, 0.1) is 13.2 Å². The zero-order valence-corrected chi connectivity index (χ0v) is 10.8. The summed E-state index contributed by atoms with van der Waals surface area (Å²) in [5.74, 6) is -1.45. The molecule has 0 spiro atoms. The molecule has 1 atom stereocenters. The van der Waals surface area contributed by atoms with Crippen LogP contribution in [0.5, 0.6) is 0 Å². The SMILES string of the molecule is COCCNCC(=O)N[C@H](C(=O)O)c1ccccc1. The van der Waals surface area contributed by atoms with Crippen LogP contribution in [0.25, 0.3) is 0 Å². The van der Waals surface area contributed by atoms with Crippen LogP contribution in [0, 0.1) is 0 Å². The van der Waals surface area contributed by atoms with Crippen LogP contribution in [-0.4, -0.2) is 43.8 Å². The van der Waals surface area contributed by atoms with E-state index in [4.69, 9.17) is 9.84 Å². The number of aliphatic carboxylic acids is 1. The number of benzene rings is 1. The minimum Gasteiger partial charge on any atom is -0.479 e. The van der Waals surface area contributed by atoms with Crippen molar-refractivity contribution in [2.24, 2.45) is 0 Å². The Kier molecular flexibility index (Phi) is 6.56. The third kappa shape index (κ3) is 5.50. The molecule has 0 unspecified atom stereocenters. The number of carboxylic acids is 1. The number of methoxy groups -OCH3 is 1. The lowest BCUT2D eigenvalue weighted by Crippen LogP contribution is -2.40. The lowest BCUT2D eigenvalue weighted by Gasteiger charge is -2.15. The first kappa shape index (κ1) is 15.1. The maximum Gasteiger partial charge on any atom is 0.330 e. The van der Waals surface area contributed by atoms with E-state index >= 15 is 0 Å². The summed E-state index contributed by atoms with van der Waals surface area (Å²) in [6, 6.07) is 7.55. The number of amides is 1. The summed E-state index contributed by atoms with van der Waals surface area (Å²) in [6.45, 7) is 1.08. The van der Waals surface area contributed by atoms with E-state index < -0.39 is 12.0 Å². The normalized spacial score (nSPS) is 11.8. The molecule has 1 aromatic rings. The molecular weight excluding hydrogens is 248 g/mol. The lowest BCUT2D eigenvalue weighted by atomic mass is 10.1. The third-order valence-electron chi connectivity index (χ3n) is 2.45. The van der Waals surface area contributed by atoms with Gasteiger partial charge in [0.1, 0.15) is 0 Å². The third-order valence-corrected chi connectivity index (χ3v) is 2.45. The molecule has 0 aliphatic carbocycles. The van der Waals surface area contributed by atoms with Gasteiger partial charge in [0.25, 0.3) is 0 Å². The van der Waals surface area contributed by atoms with E-state index in [1.807, 2.05) is 0 Å². The van der Waals surface area contributed by atoms with Crippen molar-refractivity contribution in [1.29, 1.82) is 0 Å². The maximum absolute atomic E-state index is 11.6. The van der Waals surface area contributed by atoms with Crippen molar-refractivity contribution in [1.82, 2.24) is 10.6 Å². The van der Waals surface area contributed by atoms with Gasteiger partial charge in [-0.15, -0.1) is 0 Å². The second-order valence-corrected chi connectivity index (χ2v) is 3.92. The van der Waals surface area contributed by atoms with Gasteiger partial charge in [-0.2, -0.15) is 0 Å².